The molecule has 1 aliphatic rings. The maximum atomic E-state index is 13.5. The molecule has 0 unspecified atom stereocenters. The number of rotatable bonds is 1. The summed E-state index contributed by atoms with van der Waals surface area (Å²) in [6.45, 7) is 0.935. The van der Waals surface area contributed by atoms with E-state index in [2.05, 4.69) is 5.32 Å². The first kappa shape index (κ1) is 10.2. The molecule has 0 radical (unpaired) electrons. The lowest BCUT2D eigenvalue weighted by Gasteiger charge is -2.12. The van der Waals surface area contributed by atoms with Gasteiger partial charge in [0.15, 0.2) is 0 Å². The summed E-state index contributed by atoms with van der Waals surface area (Å²) in [5.74, 6) is -0.279. The normalized spacial score (nSPS) is 21.5. The molecule has 14 heavy (non-hydrogen) atoms. The fourth-order valence-corrected chi connectivity index (χ4v) is 2.08. The second-order valence-corrected chi connectivity index (χ2v) is 4.25. The molecule has 0 bridgehead atoms. The highest BCUT2D eigenvalue weighted by Crippen LogP contribution is 2.31. The van der Waals surface area contributed by atoms with Gasteiger partial charge in [-0.1, -0.05) is 23.2 Å². The highest BCUT2D eigenvalue weighted by Gasteiger charge is 2.20. The van der Waals surface area contributed by atoms with E-state index in [1.54, 1.807) is 6.07 Å². The summed E-state index contributed by atoms with van der Waals surface area (Å²) in [7, 11) is 0. The highest BCUT2D eigenvalue weighted by atomic mass is 35.5. The van der Waals surface area contributed by atoms with Gasteiger partial charge < -0.3 is 5.32 Å². The van der Waals surface area contributed by atoms with E-state index in [9.17, 15) is 4.39 Å². The van der Waals surface area contributed by atoms with Crippen molar-refractivity contribution in [2.75, 3.05) is 6.54 Å². The Hall–Kier alpha value is -0.310. The Morgan fingerprint density at radius 2 is 2.00 bits per heavy atom. The molecule has 1 atom stereocenters. The van der Waals surface area contributed by atoms with Crippen molar-refractivity contribution in [3.8, 4) is 0 Å². The summed E-state index contributed by atoms with van der Waals surface area (Å²) in [6, 6.07) is 2.98. The van der Waals surface area contributed by atoms with Crippen LogP contribution in [0.5, 0.6) is 0 Å². The molecule has 1 heterocycles. The molecule has 1 aromatic rings. The molecule has 0 aromatic heterocycles. The van der Waals surface area contributed by atoms with Gasteiger partial charge in [0.25, 0.3) is 0 Å². The largest absolute Gasteiger partial charge is 0.310 e. The van der Waals surface area contributed by atoms with Crippen LogP contribution < -0.4 is 5.32 Å². The zero-order valence-electron chi connectivity index (χ0n) is 7.49. The van der Waals surface area contributed by atoms with Gasteiger partial charge in [-0.3, -0.25) is 0 Å². The van der Waals surface area contributed by atoms with Gasteiger partial charge in [0.2, 0.25) is 0 Å². The van der Waals surface area contributed by atoms with Crippen molar-refractivity contribution in [3.63, 3.8) is 0 Å². The molecular weight excluding hydrogens is 224 g/mol. The molecule has 1 fully saturated rings. The Morgan fingerprint density at radius 3 is 2.64 bits per heavy atom. The summed E-state index contributed by atoms with van der Waals surface area (Å²) in [4.78, 5) is 0. The van der Waals surface area contributed by atoms with Gasteiger partial charge in [-0.05, 0) is 31.5 Å². The van der Waals surface area contributed by atoms with Crippen LogP contribution in [0.4, 0.5) is 4.39 Å². The van der Waals surface area contributed by atoms with Crippen LogP contribution in [0.2, 0.25) is 10.0 Å². The molecule has 0 spiro atoms. The van der Waals surface area contributed by atoms with Crippen LogP contribution in [0.25, 0.3) is 0 Å². The van der Waals surface area contributed by atoms with Crippen LogP contribution in [-0.2, 0) is 0 Å². The van der Waals surface area contributed by atoms with Crippen LogP contribution in [-0.4, -0.2) is 6.54 Å². The minimum atomic E-state index is -0.279. The van der Waals surface area contributed by atoms with Crippen molar-refractivity contribution in [2.24, 2.45) is 0 Å². The van der Waals surface area contributed by atoms with Crippen molar-refractivity contribution < 1.29 is 4.39 Å². The first-order chi connectivity index (χ1) is 6.68. The van der Waals surface area contributed by atoms with E-state index in [1.165, 1.54) is 6.07 Å². The Bertz CT molecular complexity index is 348. The van der Waals surface area contributed by atoms with Gasteiger partial charge in [0.1, 0.15) is 5.82 Å². The quantitative estimate of drug-likeness (QED) is 0.732. The third kappa shape index (κ3) is 1.88. The standard InChI is InChI=1S/C10H10Cl2FN/c11-7-4-6(9(13)5-8(7)12)10-2-1-3-14-10/h4-5,10,14H,1-3H2/t10-/m1/s1. The fourth-order valence-electron chi connectivity index (χ4n) is 1.75. The van der Waals surface area contributed by atoms with E-state index in [-0.39, 0.29) is 16.9 Å². The molecule has 4 heteroatoms. The highest BCUT2D eigenvalue weighted by molar-refractivity contribution is 6.42. The van der Waals surface area contributed by atoms with Crippen LogP contribution in [0, 0.1) is 5.82 Å². The first-order valence-corrected chi connectivity index (χ1v) is 5.32. The minimum Gasteiger partial charge on any atom is -0.310 e. The van der Waals surface area contributed by atoms with E-state index < -0.39 is 0 Å². The average Bonchev–Trinajstić information content (AvgIpc) is 2.64. The molecule has 1 nitrogen and oxygen atoms in total. The average molecular weight is 234 g/mol. The predicted molar refractivity (Wildman–Crippen MR) is 56.4 cm³/mol. The first-order valence-electron chi connectivity index (χ1n) is 4.56. The number of nitrogens with one attached hydrogen (secondary N) is 1. The molecule has 0 aliphatic carbocycles. The van der Waals surface area contributed by atoms with Crippen LogP contribution in [0.15, 0.2) is 12.1 Å². The van der Waals surface area contributed by atoms with Crippen molar-refractivity contribution in [1.82, 2.24) is 5.32 Å². The zero-order valence-corrected chi connectivity index (χ0v) is 9.00. The second kappa shape index (κ2) is 4.05. The van der Waals surface area contributed by atoms with Gasteiger partial charge >= 0.3 is 0 Å². The summed E-state index contributed by atoms with van der Waals surface area (Å²) in [5, 5.41) is 3.90. The molecule has 0 saturated carbocycles. The van der Waals surface area contributed by atoms with Gasteiger partial charge in [0.05, 0.1) is 10.0 Å². The lowest BCUT2D eigenvalue weighted by Crippen LogP contribution is -2.14. The Kier molecular flexibility index (Phi) is 2.96. The van der Waals surface area contributed by atoms with Crippen molar-refractivity contribution in [2.45, 2.75) is 18.9 Å². The molecule has 0 amide bonds. The summed E-state index contributed by atoms with van der Waals surface area (Å²) in [5.41, 5.74) is 0.622. The third-order valence-electron chi connectivity index (χ3n) is 2.48. The molecule has 2 rings (SSSR count). The molecule has 76 valence electrons. The predicted octanol–water partition coefficient (Wildman–Crippen LogP) is 3.56. The topological polar surface area (TPSA) is 12.0 Å². The van der Waals surface area contributed by atoms with Crippen molar-refractivity contribution in [3.05, 3.63) is 33.6 Å². The maximum absolute atomic E-state index is 13.5. The van der Waals surface area contributed by atoms with Crippen LogP contribution in [0.1, 0.15) is 24.4 Å². The maximum Gasteiger partial charge on any atom is 0.129 e. The van der Waals surface area contributed by atoms with Gasteiger partial charge in [-0.15, -0.1) is 0 Å². The smallest absolute Gasteiger partial charge is 0.129 e. The second-order valence-electron chi connectivity index (χ2n) is 3.44. The van der Waals surface area contributed by atoms with Crippen LogP contribution in [0.3, 0.4) is 0 Å². The SMILES string of the molecule is Fc1cc(Cl)c(Cl)cc1[C@H]1CCCN1. The third-order valence-corrected chi connectivity index (χ3v) is 3.20. The Labute approximate surface area is 92.2 Å². The number of hydrogen-bond acceptors (Lipinski definition) is 1. The molecular formula is C10H10Cl2FN. The summed E-state index contributed by atoms with van der Waals surface area (Å²) < 4.78 is 13.5. The van der Waals surface area contributed by atoms with E-state index >= 15 is 0 Å². The fraction of sp³-hybridized carbons (Fsp3) is 0.400. The molecule has 1 aliphatic heterocycles. The summed E-state index contributed by atoms with van der Waals surface area (Å²) in [6.07, 6.45) is 2.03. The molecule has 1 N–H and O–H groups in total. The lowest BCUT2D eigenvalue weighted by molar-refractivity contribution is 0.559. The number of hydrogen-bond donors (Lipinski definition) is 1. The van der Waals surface area contributed by atoms with Gasteiger partial charge in [-0.25, -0.2) is 4.39 Å². The molecule has 1 saturated heterocycles. The van der Waals surface area contributed by atoms with Gasteiger partial charge in [0, 0.05) is 11.6 Å². The monoisotopic (exact) mass is 233 g/mol. The summed E-state index contributed by atoms with van der Waals surface area (Å²) >= 11 is 11.5. The number of benzene rings is 1. The van der Waals surface area contributed by atoms with E-state index in [1.807, 2.05) is 0 Å². The van der Waals surface area contributed by atoms with Crippen LogP contribution >= 0.6 is 23.2 Å². The van der Waals surface area contributed by atoms with E-state index in [4.69, 9.17) is 23.2 Å². The van der Waals surface area contributed by atoms with Crippen molar-refractivity contribution >= 4 is 23.2 Å². The minimum absolute atomic E-state index is 0.0877. The van der Waals surface area contributed by atoms with Crippen molar-refractivity contribution in [1.29, 1.82) is 0 Å². The lowest BCUT2D eigenvalue weighted by atomic mass is 10.1. The Morgan fingerprint density at radius 1 is 1.29 bits per heavy atom. The zero-order chi connectivity index (χ0) is 10.1. The number of halogens is 3. The van der Waals surface area contributed by atoms with E-state index in [0.717, 1.165) is 19.4 Å². The van der Waals surface area contributed by atoms with Gasteiger partial charge in [-0.2, -0.15) is 0 Å². The molecule has 1 aromatic carbocycles. The Balaban J connectivity index is 2.37. The van der Waals surface area contributed by atoms with E-state index in [0.29, 0.717) is 10.6 Å².